The number of carbonyl (C=O) groups excluding carboxylic acids is 4. The number of anilines is 1. The minimum Gasteiger partial charge on any atom is -0.462 e. The average Bonchev–Trinajstić information content (AvgIpc) is 3.48. The first kappa shape index (κ1) is 24.2. The molecule has 182 valence electrons. The topological polar surface area (TPSA) is 118 Å². The lowest BCUT2D eigenvalue weighted by molar-refractivity contribution is -0.133. The molecule has 10 heteroatoms. The Morgan fingerprint density at radius 1 is 1.14 bits per heavy atom. The second-order valence-corrected chi connectivity index (χ2v) is 9.22. The SMILES string of the molecule is CCOC(=O)c1c(-c2ccc(C)o2)csc1NC(=O)CN1C(=O)NC(C)(c2ccc(C)cc2)C1=O. The third-order valence-corrected chi connectivity index (χ3v) is 6.63. The van der Waals surface area contributed by atoms with Crippen molar-refractivity contribution in [3.05, 3.63) is 64.2 Å². The van der Waals surface area contributed by atoms with Crippen LogP contribution in [0.2, 0.25) is 0 Å². The summed E-state index contributed by atoms with van der Waals surface area (Å²) in [6.45, 7) is 6.63. The molecular formula is C25H25N3O6S. The third-order valence-electron chi connectivity index (χ3n) is 5.73. The number of carbonyl (C=O) groups is 4. The Labute approximate surface area is 206 Å². The maximum absolute atomic E-state index is 13.1. The molecule has 9 nitrogen and oxygen atoms in total. The molecule has 1 saturated heterocycles. The van der Waals surface area contributed by atoms with Gasteiger partial charge < -0.3 is 19.8 Å². The highest BCUT2D eigenvalue weighted by Gasteiger charge is 2.49. The van der Waals surface area contributed by atoms with Crippen molar-refractivity contribution in [3.63, 3.8) is 0 Å². The molecule has 0 aliphatic carbocycles. The largest absolute Gasteiger partial charge is 0.462 e. The first-order valence-electron chi connectivity index (χ1n) is 11.0. The van der Waals surface area contributed by atoms with Crippen LogP contribution in [0, 0.1) is 13.8 Å². The molecule has 4 amide bonds. The number of nitrogens with zero attached hydrogens (tertiary/aromatic N) is 1. The minimum absolute atomic E-state index is 0.152. The third kappa shape index (κ3) is 4.57. The molecule has 0 spiro atoms. The number of ether oxygens (including phenoxy) is 1. The van der Waals surface area contributed by atoms with Gasteiger partial charge in [-0.2, -0.15) is 0 Å². The number of urea groups is 1. The van der Waals surface area contributed by atoms with E-state index in [0.717, 1.165) is 21.8 Å². The first-order valence-corrected chi connectivity index (χ1v) is 11.9. The molecule has 3 heterocycles. The summed E-state index contributed by atoms with van der Waals surface area (Å²) in [5, 5.41) is 7.26. The zero-order chi connectivity index (χ0) is 25.3. The second-order valence-electron chi connectivity index (χ2n) is 8.34. The molecule has 1 aliphatic heterocycles. The van der Waals surface area contributed by atoms with Crippen LogP contribution >= 0.6 is 11.3 Å². The summed E-state index contributed by atoms with van der Waals surface area (Å²) in [5.74, 6) is -0.650. The van der Waals surface area contributed by atoms with Crippen molar-refractivity contribution in [3.8, 4) is 11.3 Å². The Hall–Kier alpha value is -3.92. The van der Waals surface area contributed by atoms with Crippen LogP contribution in [0.1, 0.15) is 41.1 Å². The number of furan rings is 1. The van der Waals surface area contributed by atoms with E-state index in [0.29, 0.717) is 22.6 Å². The van der Waals surface area contributed by atoms with Crippen molar-refractivity contribution >= 4 is 40.2 Å². The van der Waals surface area contributed by atoms with Crippen LogP contribution in [-0.2, 0) is 19.9 Å². The van der Waals surface area contributed by atoms with E-state index in [1.54, 1.807) is 50.4 Å². The quantitative estimate of drug-likeness (QED) is 0.375. The van der Waals surface area contributed by atoms with E-state index in [9.17, 15) is 19.2 Å². The number of hydrogen-bond acceptors (Lipinski definition) is 7. The fraction of sp³-hybridized carbons (Fsp3) is 0.280. The fourth-order valence-electron chi connectivity index (χ4n) is 3.85. The van der Waals surface area contributed by atoms with Crippen LogP contribution in [0.5, 0.6) is 0 Å². The van der Waals surface area contributed by atoms with E-state index >= 15 is 0 Å². The van der Waals surface area contributed by atoms with Gasteiger partial charge in [0.05, 0.1) is 6.61 Å². The molecule has 1 unspecified atom stereocenters. The van der Waals surface area contributed by atoms with E-state index in [1.165, 1.54) is 0 Å². The number of nitrogens with one attached hydrogen (secondary N) is 2. The highest BCUT2D eigenvalue weighted by molar-refractivity contribution is 7.15. The minimum atomic E-state index is -1.28. The monoisotopic (exact) mass is 495 g/mol. The van der Waals surface area contributed by atoms with E-state index in [1.807, 2.05) is 19.1 Å². The number of hydrogen-bond donors (Lipinski definition) is 2. The van der Waals surface area contributed by atoms with Crippen molar-refractivity contribution in [1.82, 2.24) is 10.2 Å². The van der Waals surface area contributed by atoms with E-state index < -0.39 is 35.9 Å². The van der Waals surface area contributed by atoms with Crippen LogP contribution in [0.3, 0.4) is 0 Å². The van der Waals surface area contributed by atoms with Crippen molar-refractivity contribution < 1.29 is 28.3 Å². The summed E-state index contributed by atoms with van der Waals surface area (Å²) in [6, 6.07) is 10.1. The predicted molar refractivity (Wildman–Crippen MR) is 130 cm³/mol. The maximum Gasteiger partial charge on any atom is 0.341 e. The molecule has 1 aromatic carbocycles. The molecule has 2 aromatic heterocycles. The van der Waals surface area contributed by atoms with Gasteiger partial charge >= 0.3 is 12.0 Å². The molecule has 1 aliphatic rings. The normalized spacial score (nSPS) is 17.4. The van der Waals surface area contributed by atoms with Crippen molar-refractivity contribution in [2.24, 2.45) is 0 Å². The first-order chi connectivity index (χ1) is 16.6. The Kier molecular flexibility index (Phi) is 6.49. The number of benzene rings is 1. The van der Waals surface area contributed by atoms with Gasteiger partial charge in [-0.1, -0.05) is 29.8 Å². The van der Waals surface area contributed by atoms with Gasteiger partial charge in [-0.05, 0) is 45.4 Å². The van der Waals surface area contributed by atoms with Gasteiger partial charge in [0.2, 0.25) is 5.91 Å². The summed E-state index contributed by atoms with van der Waals surface area (Å²) in [5.41, 5.74) is 0.988. The molecule has 35 heavy (non-hydrogen) atoms. The molecule has 2 N–H and O–H groups in total. The summed E-state index contributed by atoms with van der Waals surface area (Å²) in [4.78, 5) is 52.2. The molecule has 0 radical (unpaired) electrons. The molecule has 1 fully saturated rings. The van der Waals surface area contributed by atoms with Crippen molar-refractivity contribution in [2.75, 3.05) is 18.5 Å². The molecule has 0 saturated carbocycles. The summed E-state index contributed by atoms with van der Waals surface area (Å²) in [6.07, 6.45) is 0. The standard InChI is InChI=1S/C25H25N3O6S/c1-5-33-22(30)20-17(18-11-8-15(3)34-18)13-35-21(20)26-19(29)12-28-23(31)25(4,27-24(28)32)16-9-6-14(2)7-10-16/h6-11,13H,5,12H2,1-4H3,(H,26,29)(H,27,32). The van der Waals surface area contributed by atoms with Gasteiger partial charge in [0, 0.05) is 10.9 Å². The van der Waals surface area contributed by atoms with Gasteiger partial charge in [-0.15, -0.1) is 11.3 Å². The highest BCUT2D eigenvalue weighted by Crippen LogP contribution is 2.37. The predicted octanol–water partition coefficient (Wildman–Crippen LogP) is 4.21. The van der Waals surface area contributed by atoms with Crippen LogP contribution in [0.15, 0.2) is 46.2 Å². The van der Waals surface area contributed by atoms with Gasteiger partial charge in [-0.25, -0.2) is 9.59 Å². The number of aryl methyl sites for hydroxylation is 2. The van der Waals surface area contributed by atoms with Crippen LogP contribution < -0.4 is 10.6 Å². The Morgan fingerprint density at radius 3 is 2.49 bits per heavy atom. The smallest absolute Gasteiger partial charge is 0.341 e. The number of thiophene rings is 1. The number of amides is 4. The molecule has 4 rings (SSSR count). The van der Waals surface area contributed by atoms with Gasteiger partial charge in [0.1, 0.15) is 34.2 Å². The average molecular weight is 496 g/mol. The zero-order valence-electron chi connectivity index (χ0n) is 19.8. The van der Waals surface area contributed by atoms with Crippen LogP contribution in [0.4, 0.5) is 9.80 Å². The number of imide groups is 1. The van der Waals surface area contributed by atoms with E-state index in [4.69, 9.17) is 9.15 Å². The molecule has 3 aromatic rings. The maximum atomic E-state index is 13.1. The Balaban J connectivity index is 1.55. The van der Waals surface area contributed by atoms with Crippen LogP contribution in [0.25, 0.3) is 11.3 Å². The van der Waals surface area contributed by atoms with Crippen LogP contribution in [-0.4, -0.2) is 41.9 Å². The Bertz CT molecular complexity index is 1310. The zero-order valence-corrected chi connectivity index (χ0v) is 20.6. The van der Waals surface area contributed by atoms with Gasteiger partial charge in [0.15, 0.2) is 0 Å². The number of esters is 1. The second kappa shape index (κ2) is 9.38. The van der Waals surface area contributed by atoms with Gasteiger partial charge in [-0.3, -0.25) is 14.5 Å². The molecule has 1 atom stereocenters. The fourth-order valence-corrected chi connectivity index (χ4v) is 4.80. The summed E-state index contributed by atoms with van der Waals surface area (Å²) < 4.78 is 10.8. The van der Waals surface area contributed by atoms with Crippen molar-refractivity contribution in [2.45, 2.75) is 33.2 Å². The van der Waals surface area contributed by atoms with E-state index in [-0.39, 0.29) is 17.2 Å². The lowest BCUT2D eigenvalue weighted by Gasteiger charge is -2.22. The summed E-state index contributed by atoms with van der Waals surface area (Å²) >= 11 is 1.12. The number of rotatable bonds is 7. The lowest BCUT2D eigenvalue weighted by Crippen LogP contribution is -2.42. The van der Waals surface area contributed by atoms with Gasteiger partial charge in [0.25, 0.3) is 5.91 Å². The Morgan fingerprint density at radius 2 is 1.86 bits per heavy atom. The van der Waals surface area contributed by atoms with E-state index in [2.05, 4.69) is 10.6 Å². The molecule has 0 bridgehead atoms. The summed E-state index contributed by atoms with van der Waals surface area (Å²) in [7, 11) is 0. The highest BCUT2D eigenvalue weighted by atomic mass is 32.1. The van der Waals surface area contributed by atoms with Crippen molar-refractivity contribution in [1.29, 1.82) is 0 Å². The molecular weight excluding hydrogens is 470 g/mol. The lowest BCUT2D eigenvalue weighted by atomic mass is 9.91.